The Bertz CT molecular complexity index is 1060. The molecule has 3 aromatic rings. The molecule has 2 aromatic carbocycles. The Hall–Kier alpha value is -3.25. The number of fused-ring (bicyclic) bond motifs is 1. The molecule has 0 aliphatic heterocycles. The van der Waals surface area contributed by atoms with Gasteiger partial charge in [-0.05, 0) is 79.5 Å². The number of nitrogens with zero attached hydrogens (tertiary/aromatic N) is 1. The van der Waals surface area contributed by atoms with Crippen molar-refractivity contribution in [2.75, 3.05) is 0 Å². The van der Waals surface area contributed by atoms with Crippen molar-refractivity contribution in [2.45, 2.75) is 44.6 Å². The van der Waals surface area contributed by atoms with Crippen LogP contribution < -0.4 is 10.8 Å². The van der Waals surface area contributed by atoms with Crippen molar-refractivity contribution >= 4 is 22.6 Å². The van der Waals surface area contributed by atoms with Crippen molar-refractivity contribution in [3.63, 3.8) is 0 Å². The average molecular weight is 418 g/mol. The first-order chi connectivity index (χ1) is 15.1. The summed E-state index contributed by atoms with van der Waals surface area (Å²) in [5, 5.41) is 14.1. The molecule has 3 N–H and O–H groups in total. The maximum Gasteiger partial charge on any atom is 0.276 e. The molecular weight excluding hydrogens is 390 g/mol. The zero-order valence-electron chi connectivity index (χ0n) is 17.4. The molecule has 6 heteroatoms. The van der Waals surface area contributed by atoms with Gasteiger partial charge in [-0.15, -0.1) is 0 Å². The number of rotatable bonds is 6. The molecule has 0 radical (unpaired) electrons. The normalized spacial score (nSPS) is 18.5. The van der Waals surface area contributed by atoms with Gasteiger partial charge in [0, 0.05) is 23.5 Å². The first-order valence-corrected chi connectivity index (χ1v) is 10.8. The summed E-state index contributed by atoms with van der Waals surface area (Å²) >= 11 is 0. The molecule has 6 nitrogen and oxygen atoms in total. The summed E-state index contributed by atoms with van der Waals surface area (Å²) in [6.45, 7) is 0. The Morgan fingerprint density at radius 2 is 1.65 bits per heavy atom. The minimum atomic E-state index is -0.553. The summed E-state index contributed by atoms with van der Waals surface area (Å²) in [6, 6.07) is 17.7. The minimum Gasteiger partial charge on any atom is -0.349 e. The van der Waals surface area contributed by atoms with Gasteiger partial charge in [0.25, 0.3) is 11.8 Å². The van der Waals surface area contributed by atoms with E-state index in [4.69, 9.17) is 5.21 Å². The average Bonchev–Trinajstić information content (AvgIpc) is 2.83. The molecule has 1 aliphatic carbocycles. The van der Waals surface area contributed by atoms with Gasteiger partial charge in [0.05, 0.1) is 5.56 Å². The van der Waals surface area contributed by atoms with E-state index >= 15 is 0 Å². The number of hydrogen-bond acceptors (Lipinski definition) is 4. The minimum absolute atomic E-state index is 0.00501. The SMILES string of the molecule is O=C(NO)c1ccc(CCC2CCC(NC(=O)c3ccc4ccccc4c3)CC2)nc1. The Kier molecular flexibility index (Phi) is 6.57. The van der Waals surface area contributed by atoms with Crippen molar-refractivity contribution in [1.29, 1.82) is 0 Å². The highest BCUT2D eigenvalue weighted by Crippen LogP contribution is 2.28. The molecule has 160 valence electrons. The molecule has 1 saturated carbocycles. The van der Waals surface area contributed by atoms with Crippen LogP contribution in [0.5, 0.6) is 0 Å². The Balaban J connectivity index is 1.23. The van der Waals surface area contributed by atoms with E-state index in [-0.39, 0.29) is 11.9 Å². The molecule has 4 rings (SSSR count). The number of hydroxylamine groups is 1. The summed E-state index contributed by atoms with van der Waals surface area (Å²) in [5.41, 5.74) is 3.61. The molecule has 31 heavy (non-hydrogen) atoms. The van der Waals surface area contributed by atoms with E-state index < -0.39 is 5.91 Å². The first kappa shape index (κ1) is 21.0. The lowest BCUT2D eigenvalue weighted by atomic mass is 9.83. The van der Waals surface area contributed by atoms with E-state index in [0.29, 0.717) is 17.0 Å². The van der Waals surface area contributed by atoms with Gasteiger partial charge < -0.3 is 5.32 Å². The van der Waals surface area contributed by atoms with Crippen LogP contribution in [0.2, 0.25) is 0 Å². The standard InChI is InChI=1S/C25H27N3O3/c29-24(20-9-8-18-3-1-2-4-19(18)15-20)27-23-12-6-17(7-13-23)5-11-22-14-10-21(16-26-22)25(30)28-31/h1-4,8-10,14-17,23,31H,5-7,11-13H2,(H,27,29)(H,28,30). The molecule has 0 unspecified atom stereocenters. The van der Waals surface area contributed by atoms with Crippen LogP contribution in [0.4, 0.5) is 0 Å². The van der Waals surface area contributed by atoms with Crippen LogP contribution in [-0.2, 0) is 6.42 Å². The van der Waals surface area contributed by atoms with Crippen LogP contribution in [0.25, 0.3) is 10.8 Å². The van der Waals surface area contributed by atoms with Gasteiger partial charge in [-0.3, -0.25) is 19.8 Å². The summed E-state index contributed by atoms with van der Waals surface area (Å²) < 4.78 is 0. The topological polar surface area (TPSA) is 91.3 Å². The Labute approximate surface area is 181 Å². The van der Waals surface area contributed by atoms with Crippen LogP contribution in [0, 0.1) is 5.92 Å². The molecule has 1 fully saturated rings. The molecule has 0 spiro atoms. The molecule has 1 aromatic heterocycles. The van der Waals surface area contributed by atoms with Gasteiger partial charge in [-0.25, -0.2) is 5.48 Å². The van der Waals surface area contributed by atoms with Crippen LogP contribution in [-0.4, -0.2) is 28.0 Å². The second-order valence-corrected chi connectivity index (χ2v) is 8.27. The highest BCUT2D eigenvalue weighted by Gasteiger charge is 2.23. The van der Waals surface area contributed by atoms with E-state index in [9.17, 15) is 9.59 Å². The summed E-state index contributed by atoms with van der Waals surface area (Å²) in [6.07, 6.45) is 7.56. The number of pyridine rings is 1. The molecule has 2 amide bonds. The second kappa shape index (κ2) is 9.71. The molecule has 0 saturated heterocycles. The van der Waals surface area contributed by atoms with Crippen molar-refractivity contribution in [2.24, 2.45) is 5.92 Å². The van der Waals surface area contributed by atoms with E-state index in [1.165, 1.54) is 6.20 Å². The second-order valence-electron chi connectivity index (χ2n) is 8.27. The van der Waals surface area contributed by atoms with Gasteiger partial charge in [0.2, 0.25) is 0 Å². The summed E-state index contributed by atoms with van der Waals surface area (Å²) in [7, 11) is 0. The fourth-order valence-electron chi connectivity index (χ4n) is 4.32. The van der Waals surface area contributed by atoms with Gasteiger partial charge in [-0.2, -0.15) is 0 Å². The zero-order valence-corrected chi connectivity index (χ0v) is 17.4. The van der Waals surface area contributed by atoms with Gasteiger partial charge >= 0.3 is 0 Å². The third kappa shape index (κ3) is 5.27. The lowest BCUT2D eigenvalue weighted by molar-refractivity contribution is 0.0705. The van der Waals surface area contributed by atoms with Gasteiger partial charge in [0.15, 0.2) is 0 Å². The molecule has 1 aliphatic rings. The third-order valence-electron chi connectivity index (χ3n) is 6.19. The lowest BCUT2D eigenvalue weighted by Gasteiger charge is -2.29. The predicted octanol–water partition coefficient (Wildman–Crippen LogP) is 4.28. The van der Waals surface area contributed by atoms with E-state index in [1.807, 2.05) is 48.5 Å². The van der Waals surface area contributed by atoms with Crippen LogP contribution >= 0.6 is 0 Å². The van der Waals surface area contributed by atoms with Gasteiger partial charge in [0.1, 0.15) is 0 Å². The highest BCUT2D eigenvalue weighted by atomic mass is 16.5. The van der Waals surface area contributed by atoms with Gasteiger partial charge in [-0.1, -0.05) is 30.3 Å². The maximum atomic E-state index is 12.7. The number of aromatic nitrogens is 1. The number of hydrogen-bond donors (Lipinski definition) is 3. The van der Waals surface area contributed by atoms with Crippen molar-refractivity contribution in [1.82, 2.24) is 15.8 Å². The van der Waals surface area contributed by atoms with Crippen LogP contribution in [0.1, 0.15) is 58.5 Å². The van der Waals surface area contributed by atoms with E-state index in [2.05, 4.69) is 10.3 Å². The fourth-order valence-corrected chi connectivity index (χ4v) is 4.32. The van der Waals surface area contributed by atoms with E-state index in [0.717, 1.165) is 55.0 Å². The van der Waals surface area contributed by atoms with Crippen molar-refractivity contribution < 1.29 is 14.8 Å². The summed E-state index contributed by atoms with van der Waals surface area (Å²) in [4.78, 5) is 28.3. The number of carbonyl (C=O) groups excluding carboxylic acids is 2. The molecule has 0 bridgehead atoms. The number of aryl methyl sites for hydroxylation is 1. The fraction of sp³-hybridized carbons (Fsp3) is 0.320. The molecule has 1 heterocycles. The van der Waals surface area contributed by atoms with E-state index in [1.54, 1.807) is 11.5 Å². The molecule has 0 atom stereocenters. The first-order valence-electron chi connectivity index (χ1n) is 10.8. The Morgan fingerprint density at radius 1 is 0.903 bits per heavy atom. The molecular formula is C25H27N3O3. The quantitative estimate of drug-likeness (QED) is 0.412. The third-order valence-corrected chi connectivity index (χ3v) is 6.19. The lowest BCUT2D eigenvalue weighted by Crippen LogP contribution is -2.37. The maximum absolute atomic E-state index is 12.7. The largest absolute Gasteiger partial charge is 0.349 e. The van der Waals surface area contributed by atoms with Crippen molar-refractivity contribution in [3.05, 3.63) is 77.6 Å². The number of carbonyl (C=O) groups is 2. The highest BCUT2D eigenvalue weighted by molar-refractivity contribution is 5.98. The van der Waals surface area contributed by atoms with Crippen molar-refractivity contribution in [3.8, 4) is 0 Å². The number of benzene rings is 2. The van der Waals surface area contributed by atoms with Crippen LogP contribution in [0.15, 0.2) is 60.8 Å². The smallest absolute Gasteiger partial charge is 0.276 e. The number of amides is 2. The monoisotopic (exact) mass is 417 g/mol. The Morgan fingerprint density at radius 3 is 2.35 bits per heavy atom. The zero-order chi connectivity index (χ0) is 21.6. The summed E-state index contributed by atoms with van der Waals surface area (Å²) in [5.74, 6) is 0.0737. The van der Waals surface area contributed by atoms with Crippen LogP contribution in [0.3, 0.4) is 0 Å². The number of nitrogens with one attached hydrogen (secondary N) is 2. The predicted molar refractivity (Wildman–Crippen MR) is 119 cm³/mol.